The number of likely N-dealkylation sites (N-methyl/N-ethyl adjacent to an activating group) is 1. The predicted molar refractivity (Wildman–Crippen MR) is 142 cm³/mol. The van der Waals surface area contributed by atoms with Gasteiger partial charge in [-0.1, -0.05) is 0 Å². The van der Waals surface area contributed by atoms with Crippen LogP contribution in [0.25, 0.3) is 0 Å². The van der Waals surface area contributed by atoms with Crippen LogP contribution < -0.4 is 11.4 Å². The van der Waals surface area contributed by atoms with Crippen molar-refractivity contribution in [3.63, 3.8) is 0 Å². The summed E-state index contributed by atoms with van der Waals surface area (Å²) in [6.45, 7) is 6.51. The van der Waals surface area contributed by atoms with Gasteiger partial charge in [-0.15, -0.1) is 10.3 Å². The SMILES string of the molecule is CC1(C)CC([N+](C)(C)CCOP(=O)(O)OP(=O)(O)OC[C@H]2O[C@@H](n3ccc(N)nc3=O)[C@H](O)[C@@H]2O)CC(C)(C)N1[O]. The van der Waals surface area contributed by atoms with Crippen molar-refractivity contribution in [2.24, 2.45) is 0 Å². The maximum absolute atomic E-state index is 12.7. The van der Waals surface area contributed by atoms with Crippen molar-refractivity contribution in [1.82, 2.24) is 14.6 Å². The van der Waals surface area contributed by atoms with Crippen molar-refractivity contribution < 1.29 is 56.9 Å². The van der Waals surface area contributed by atoms with E-state index >= 15 is 0 Å². The molecule has 17 nitrogen and oxygen atoms in total. The quantitative estimate of drug-likeness (QED) is 0.162. The van der Waals surface area contributed by atoms with Crippen LogP contribution in [0.3, 0.4) is 0 Å². The lowest BCUT2D eigenvalue weighted by Gasteiger charge is -2.53. The number of aromatic nitrogens is 2. The molecule has 0 spiro atoms. The van der Waals surface area contributed by atoms with E-state index in [4.69, 9.17) is 19.5 Å². The Hall–Kier alpha value is -1.30. The molecule has 6 N–H and O–H groups in total. The highest BCUT2D eigenvalue weighted by atomic mass is 31.3. The van der Waals surface area contributed by atoms with Crippen molar-refractivity contribution >= 4 is 21.5 Å². The molecule has 41 heavy (non-hydrogen) atoms. The second-order valence-corrected chi connectivity index (χ2v) is 15.3. The van der Waals surface area contributed by atoms with Gasteiger partial charge in [-0.05, 0) is 33.8 Å². The van der Waals surface area contributed by atoms with Crippen molar-refractivity contribution in [2.45, 2.75) is 82.2 Å². The molecule has 0 bridgehead atoms. The molecular weight excluding hydrogens is 588 g/mol. The van der Waals surface area contributed by atoms with Gasteiger partial charge in [-0.2, -0.15) is 9.29 Å². The third kappa shape index (κ3) is 8.21. The summed E-state index contributed by atoms with van der Waals surface area (Å²) in [7, 11) is -6.52. The molecule has 2 saturated heterocycles. The Balaban J connectivity index is 1.53. The summed E-state index contributed by atoms with van der Waals surface area (Å²) < 4.78 is 45.4. The maximum atomic E-state index is 12.7. The van der Waals surface area contributed by atoms with Gasteiger partial charge < -0.3 is 35.0 Å². The van der Waals surface area contributed by atoms with Crippen molar-refractivity contribution in [2.75, 3.05) is 39.6 Å². The number of quaternary nitrogens is 1. The molecule has 0 amide bonds. The molecule has 2 aliphatic heterocycles. The normalized spacial score (nSPS) is 30.1. The number of nitrogen functional groups attached to an aromatic ring is 1. The van der Waals surface area contributed by atoms with Gasteiger partial charge in [0.25, 0.3) is 0 Å². The number of nitrogens with zero attached hydrogens (tertiary/aromatic N) is 4. The predicted octanol–water partition coefficient (Wildman–Crippen LogP) is 0.139. The van der Waals surface area contributed by atoms with E-state index in [0.717, 1.165) is 9.63 Å². The van der Waals surface area contributed by atoms with Gasteiger partial charge in [0.2, 0.25) is 0 Å². The Morgan fingerprint density at radius 2 is 1.66 bits per heavy atom. The molecule has 6 atom stereocenters. The first kappa shape index (κ1) is 34.2. The summed E-state index contributed by atoms with van der Waals surface area (Å²) in [5.74, 6) is -0.0758. The lowest BCUT2D eigenvalue weighted by atomic mass is 9.77. The summed E-state index contributed by atoms with van der Waals surface area (Å²) >= 11 is 0. The van der Waals surface area contributed by atoms with E-state index in [1.165, 1.54) is 12.3 Å². The maximum Gasteiger partial charge on any atom is 0.481 e. The van der Waals surface area contributed by atoms with Gasteiger partial charge in [0.05, 0.1) is 26.7 Å². The summed E-state index contributed by atoms with van der Waals surface area (Å²) in [4.78, 5) is 35.6. The number of hydrogen-bond acceptors (Lipinski definition) is 12. The average molecular weight is 630 g/mol. The second kappa shape index (κ2) is 12.0. The third-order valence-corrected chi connectivity index (χ3v) is 10.2. The van der Waals surface area contributed by atoms with E-state index in [0.29, 0.717) is 17.3 Å². The zero-order valence-corrected chi connectivity index (χ0v) is 25.7. The summed E-state index contributed by atoms with van der Waals surface area (Å²) in [6, 6.07) is 1.29. The van der Waals surface area contributed by atoms with Gasteiger partial charge in [-0.25, -0.2) is 13.9 Å². The van der Waals surface area contributed by atoms with Crippen LogP contribution in [0.15, 0.2) is 17.1 Å². The van der Waals surface area contributed by atoms with E-state index in [1.54, 1.807) is 0 Å². The van der Waals surface area contributed by atoms with E-state index in [2.05, 4.69) is 9.29 Å². The van der Waals surface area contributed by atoms with Gasteiger partial charge in [-0.3, -0.25) is 13.6 Å². The second-order valence-electron chi connectivity index (χ2n) is 12.2. The van der Waals surface area contributed by atoms with Gasteiger partial charge >= 0.3 is 21.3 Å². The minimum atomic E-state index is -5.22. The fraction of sp³-hybridized carbons (Fsp3) is 0.818. The van der Waals surface area contributed by atoms with Crippen molar-refractivity contribution in [1.29, 1.82) is 0 Å². The number of nitrogens with two attached hydrogens (primary N) is 1. The Labute approximate surface area is 237 Å². The minimum Gasteiger partial charge on any atom is -0.387 e. The molecular formula is C22H41N5O12P2+. The highest BCUT2D eigenvalue weighted by Gasteiger charge is 2.51. The number of anilines is 1. The number of aliphatic hydroxyl groups excluding tert-OH is 2. The number of ether oxygens (including phenoxy) is 1. The van der Waals surface area contributed by atoms with Crippen LogP contribution in [0.1, 0.15) is 46.8 Å². The standard InChI is InChI=1S/C22H40N5O12P2/c1-21(2)11-14(12-22(3,4)26(21)31)27(5,6)9-10-36-40(32,33)39-41(34,35)37-13-15-17(28)18(29)19(38-15)25-8-7-16(23)24-20(25)30/h7-8,14-15,17-19,28-29H,9-13H2,1-6H3,(H3-,23,24,30,32,33,34,35)/p+1/t15-,17-,18-,19-/m1/s1. The van der Waals surface area contributed by atoms with E-state index in [1.807, 2.05) is 41.8 Å². The number of rotatable bonds is 11. The molecule has 3 rings (SSSR count). The molecule has 2 unspecified atom stereocenters. The lowest BCUT2D eigenvalue weighted by Crippen LogP contribution is -2.65. The topological polar surface area (TPSA) is 236 Å². The first-order chi connectivity index (χ1) is 18.6. The highest BCUT2D eigenvalue weighted by molar-refractivity contribution is 7.61. The first-order valence-electron chi connectivity index (χ1n) is 12.9. The van der Waals surface area contributed by atoms with Crippen LogP contribution in [0.2, 0.25) is 0 Å². The third-order valence-electron chi connectivity index (χ3n) is 7.55. The molecule has 1 aromatic heterocycles. The molecule has 2 fully saturated rings. The van der Waals surface area contributed by atoms with Crippen LogP contribution in [0.5, 0.6) is 0 Å². The Kier molecular flexibility index (Phi) is 10.0. The molecule has 0 aromatic carbocycles. The van der Waals surface area contributed by atoms with Crippen LogP contribution >= 0.6 is 15.6 Å². The van der Waals surface area contributed by atoms with Gasteiger partial charge in [0.15, 0.2) is 6.23 Å². The number of piperidine rings is 1. The van der Waals surface area contributed by atoms with Crippen LogP contribution in [-0.2, 0) is 32.4 Å². The summed E-state index contributed by atoms with van der Waals surface area (Å²) in [5.41, 5.74) is 3.33. The molecule has 2 aliphatic rings. The fourth-order valence-corrected chi connectivity index (χ4v) is 7.41. The number of phosphoric ester groups is 2. The van der Waals surface area contributed by atoms with Crippen molar-refractivity contribution in [3.8, 4) is 0 Å². The Bertz CT molecular complexity index is 1230. The molecule has 1 aromatic rings. The van der Waals surface area contributed by atoms with Crippen LogP contribution in [0, 0.1) is 0 Å². The van der Waals surface area contributed by atoms with Gasteiger partial charge in [0, 0.05) is 30.1 Å². The van der Waals surface area contributed by atoms with Crippen LogP contribution in [0.4, 0.5) is 5.82 Å². The number of phosphoric acid groups is 2. The lowest BCUT2D eigenvalue weighted by molar-refractivity contribution is -0.918. The zero-order valence-electron chi connectivity index (χ0n) is 23.9. The summed E-state index contributed by atoms with van der Waals surface area (Å²) in [5, 5.41) is 34.3. The summed E-state index contributed by atoms with van der Waals surface area (Å²) in [6.07, 6.45) is -3.80. The van der Waals surface area contributed by atoms with Crippen molar-refractivity contribution in [3.05, 3.63) is 22.7 Å². The molecule has 235 valence electrons. The Morgan fingerprint density at radius 1 is 1.10 bits per heavy atom. The van der Waals surface area contributed by atoms with Gasteiger partial charge in [0.1, 0.15) is 37.3 Å². The molecule has 19 heteroatoms. The first-order valence-corrected chi connectivity index (χ1v) is 15.9. The number of hydrogen-bond donors (Lipinski definition) is 5. The molecule has 0 saturated carbocycles. The monoisotopic (exact) mass is 629 g/mol. The fourth-order valence-electron chi connectivity index (χ4n) is 5.34. The number of hydroxylamine groups is 2. The Morgan fingerprint density at radius 3 is 2.22 bits per heavy atom. The van der Waals surface area contributed by atoms with Crippen LogP contribution in [-0.4, -0.2) is 108 Å². The number of aliphatic hydroxyl groups is 2. The average Bonchev–Trinajstić information content (AvgIpc) is 3.08. The smallest absolute Gasteiger partial charge is 0.387 e. The zero-order chi connectivity index (χ0) is 31.2. The largest absolute Gasteiger partial charge is 0.481 e. The minimum absolute atomic E-state index is 0.0250. The highest BCUT2D eigenvalue weighted by Crippen LogP contribution is 2.60. The molecule has 3 heterocycles. The molecule has 1 radical (unpaired) electrons. The molecule has 0 aliphatic carbocycles. The van der Waals surface area contributed by atoms with E-state index < -0.39 is 63.6 Å². The van der Waals surface area contributed by atoms with E-state index in [9.17, 15) is 39.1 Å². The van der Waals surface area contributed by atoms with E-state index in [-0.39, 0.29) is 25.0 Å².